The van der Waals surface area contributed by atoms with Crippen LogP contribution in [0.3, 0.4) is 0 Å². The summed E-state index contributed by atoms with van der Waals surface area (Å²) in [5.74, 6) is 0.643. The van der Waals surface area contributed by atoms with E-state index >= 15 is 0 Å². The van der Waals surface area contributed by atoms with Crippen molar-refractivity contribution < 1.29 is 0 Å². The average Bonchev–Trinajstić information content (AvgIpc) is 1.87. The Morgan fingerprint density at radius 1 is 1.20 bits per heavy atom. The van der Waals surface area contributed by atoms with Crippen LogP contribution in [0, 0.1) is 12.8 Å². The van der Waals surface area contributed by atoms with Gasteiger partial charge in [0.15, 0.2) is 0 Å². The lowest BCUT2D eigenvalue weighted by molar-refractivity contribution is 0.560. The molecule has 0 bridgehead atoms. The minimum Gasteiger partial charge on any atom is -0.0928 e. The van der Waals surface area contributed by atoms with E-state index in [9.17, 15) is 0 Å². The molecule has 0 rings (SSSR count). The van der Waals surface area contributed by atoms with Crippen molar-refractivity contribution in [3.05, 3.63) is 6.92 Å². The molecule has 61 valence electrons. The van der Waals surface area contributed by atoms with Gasteiger partial charge in [0.1, 0.15) is 0 Å². The molecule has 0 saturated heterocycles. The normalized spacial score (nSPS) is 10.8. The molecule has 1 heteroatoms. The van der Waals surface area contributed by atoms with Crippen LogP contribution in [0.25, 0.3) is 0 Å². The van der Waals surface area contributed by atoms with Crippen LogP contribution in [-0.2, 0) is 0 Å². The zero-order chi connectivity index (χ0) is 7.82. The highest BCUT2D eigenvalue weighted by molar-refractivity contribution is 9.09. The second-order valence-corrected chi connectivity index (χ2v) is 3.79. The van der Waals surface area contributed by atoms with Gasteiger partial charge in [-0.05, 0) is 12.3 Å². The van der Waals surface area contributed by atoms with E-state index < -0.39 is 0 Å². The molecule has 0 N–H and O–H groups in total. The lowest BCUT2D eigenvalue weighted by Gasteiger charge is -2.02. The summed E-state index contributed by atoms with van der Waals surface area (Å²) >= 11 is 3.42. The summed E-state index contributed by atoms with van der Waals surface area (Å²) in [6, 6.07) is 0. The zero-order valence-corrected chi connectivity index (χ0v) is 8.49. The first-order valence-electron chi connectivity index (χ1n) is 4.16. The van der Waals surface area contributed by atoms with Crippen molar-refractivity contribution in [1.82, 2.24) is 0 Å². The van der Waals surface area contributed by atoms with Gasteiger partial charge in [-0.3, -0.25) is 0 Å². The first-order chi connectivity index (χ1) is 4.77. The molecule has 0 spiro atoms. The monoisotopic (exact) mass is 205 g/mol. The molecule has 0 amide bonds. The van der Waals surface area contributed by atoms with E-state index in [0.717, 1.165) is 5.33 Å². The van der Waals surface area contributed by atoms with Crippen molar-refractivity contribution in [3.63, 3.8) is 0 Å². The van der Waals surface area contributed by atoms with Crippen molar-refractivity contribution in [1.29, 1.82) is 0 Å². The molecule has 0 nitrogen and oxygen atoms in total. The minimum atomic E-state index is 0.643. The minimum absolute atomic E-state index is 0.643. The van der Waals surface area contributed by atoms with E-state index in [2.05, 4.69) is 29.8 Å². The summed E-state index contributed by atoms with van der Waals surface area (Å²) in [4.78, 5) is 0. The number of hydrogen-bond acceptors (Lipinski definition) is 0. The standard InChI is InChI=1S/C9H18Br/c1-9(2)7-5-3-4-6-8-10/h9H,1,3-8H2,2H3. The van der Waals surface area contributed by atoms with Gasteiger partial charge in [-0.15, -0.1) is 0 Å². The van der Waals surface area contributed by atoms with Crippen molar-refractivity contribution in [3.8, 4) is 0 Å². The van der Waals surface area contributed by atoms with Gasteiger partial charge in [0.05, 0.1) is 0 Å². The smallest absolute Gasteiger partial charge is 0.00313 e. The van der Waals surface area contributed by atoms with Crippen LogP contribution in [0.15, 0.2) is 0 Å². The van der Waals surface area contributed by atoms with Gasteiger partial charge in [0, 0.05) is 5.33 Å². The fourth-order valence-corrected chi connectivity index (χ4v) is 1.34. The van der Waals surface area contributed by atoms with Gasteiger partial charge in [-0.2, -0.15) is 0 Å². The van der Waals surface area contributed by atoms with E-state index in [-0.39, 0.29) is 0 Å². The van der Waals surface area contributed by atoms with Gasteiger partial charge >= 0.3 is 0 Å². The molecule has 1 atom stereocenters. The summed E-state index contributed by atoms with van der Waals surface area (Å²) in [6.45, 7) is 6.13. The fraction of sp³-hybridized carbons (Fsp3) is 0.889. The topological polar surface area (TPSA) is 0 Å². The molecule has 0 aromatic rings. The summed E-state index contributed by atoms with van der Waals surface area (Å²) < 4.78 is 0. The molecule has 0 aliphatic heterocycles. The van der Waals surface area contributed by atoms with Crippen LogP contribution in [0.2, 0.25) is 0 Å². The molecule has 1 unspecified atom stereocenters. The van der Waals surface area contributed by atoms with Crippen molar-refractivity contribution in [2.75, 3.05) is 5.33 Å². The molecule has 0 aromatic heterocycles. The average molecular weight is 206 g/mol. The van der Waals surface area contributed by atoms with E-state index in [1.807, 2.05) is 0 Å². The van der Waals surface area contributed by atoms with E-state index in [1.165, 1.54) is 32.1 Å². The lowest BCUT2D eigenvalue weighted by atomic mass is 10.1. The Hall–Kier alpha value is 0.480. The van der Waals surface area contributed by atoms with Gasteiger partial charge < -0.3 is 0 Å². The quantitative estimate of drug-likeness (QED) is 0.458. The predicted molar refractivity (Wildman–Crippen MR) is 51.4 cm³/mol. The maximum absolute atomic E-state index is 3.95. The van der Waals surface area contributed by atoms with Crippen LogP contribution in [0.4, 0.5) is 0 Å². The number of halogens is 1. The largest absolute Gasteiger partial charge is 0.0928 e. The van der Waals surface area contributed by atoms with Crippen LogP contribution in [-0.4, -0.2) is 5.33 Å². The summed E-state index contributed by atoms with van der Waals surface area (Å²) in [7, 11) is 0. The Bertz CT molecular complexity index is 59.7. The Labute approximate surface area is 73.5 Å². The SMILES string of the molecule is [CH2]C(C)CCCCCCBr. The molecule has 1 radical (unpaired) electrons. The summed E-state index contributed by atoms with van der Waals surface area (Å²) in [6.07, 6.45) is 6.73. The van der Waals surface area contributed by atoms with E-state index in [4.69, 9.17) is 0 Å². The molecular weight excluding hydrogens is 188 g/mol. The lowest BCUT2D eigenvalue weighted by Crippen LogP contribution is -1.87. The van der Waals surface area contributed by atoms with Crippen molar-refractivity contribution in [2.24, 2.45) is 5.92 Å². The zero-order valence-electron chi connectivity index (χ0n) is 6.91. The van der Waals surface area contributed by atoms with Gasteiger partial charge in [0.25, 0.3) is 0 Å². The molecule has 10 heavy (non-hydrogen) atoms. The molecular formula is C9H18Br. The van der Waals surface area contributed by atoms with Crippen LogP contribution in [0.5, 0.6) is 0 Å². The molecule has 0 heterocycles. The molecule has 0 aromatic carbocycles. The Kier molecular flexibility index (Phi) is 7.95. The van der Waals surface area contributed by atoms with Crippen molar-refractivity contribution in [2.45, 2.75) is 39.0 Å². The number of rotatable bonds is 6. The first-order valence-corrected chi connectivity index (χ1v) is 5.28. The van der Waals surface area contributed by atoms with Crippen LogP contribution in [0.1, 0.15) is 39.0 Å². The Morgan fingerprint density at radius 2 is 1.80 bits per heavy atom. The number of hydrogen-bond donors (Lipinski definition) is 0. The Balaban J connectivity index is 2.77. The highest BCUT2D eigenvalue weighted by Crippen LogP contribution is 2.09. The maximum Gasteiger partial charge on any atom is 0.00313 e. The second-order valence-electron chi connectivity index (χ2n) is 3.00. The Morgan fingerprint density at radius 3 is 2.30 bits per heavy atom. The van der Waals surface area contributed by atoms with Crippen molar-refractivity contribution >= 4 is 15.9 Å². The van der Waals surface area contributed by atoms with E-state index in [0.29, 0.717) is 5.92 Å². The molecule has 0 aliphatic carbocycles. The number of unbranched alkanes of at least 4 members (excludes halogenated alkanes) is 3. The van der Waals surface area contributed by atoms with Gasteiger partial charge in [-0.25, -0.2) is 0 Å². The third kappa shape index (κ3) is 8.48. The van der Waals surface area contributed by atoms with E-state index in [1.54, 1.807) is 0 Å². The third-order valence-corrected chi connectivity index (χ3v) is 2.14. The first kappa shape index (κ1) is 10.5. The predicted octanol–water partition coefficient (Wildman–Crippen LogP) is 3.80. The fourth-order valence-electron chi connectivity index (χ4n) is 0.941. The highest BCUT2D eigenvalue weighted by Gasteiger charge is 1.93. The van der Waals surface area contributed by atoms with Gasteiger partial charge in [-0.1, -0.05) is 55.5 Å². The summed E-state index contributed by atoms with van der Waals surface area (Å²) in [5.41, 5.74) is 0. The molecule has 0 fully saturated rings. The number of alkyl halides is 1. The molecule has 0 aliphatic rings. The third-order valence-electron chi connectivity index (χ3n) is 1.58. The maximum atomic E-state index is 3.95. The van der Waals surface area contributed by atoms with Crippen LogP contribution >= 0.6 is 15.9 Å². The second kappa shape index (κ2) is 7.59. The van der Waals surface area contributed by atoms with Gasteiger partial charge in [0.2, 0.25) is 0 Å². The van der Waals surface area contributed by atoms with Crippen LogP contribution < -0.4 is 0 Å². The highest BCUT2D eigenvalue weighted by atomic mass is 79.9. The summed E-state index contributed by atoms with van der Waals surface area (Å²) in [5, 5.41) is 1.16. The molecule has 0 saturated carbocycles.